The fourth-order valence-electron chi connectivity index (χ4n) is 2.93. The van der Waals surface area contributed by atoms with E-state index in [2.05, 4.69) is 21.6 Å². The van der Waals surface area contributed by atoms with Gasteiger partial charge in [0.05, 0.1) is 11.3 Å². The van der Waals surface area contributed by atoms with Crippen LogP contribution in [0.5, 0.6) is 5.75 Å². The smallest absolute Gasteiger partial charge is 0.128 e. The average Bonchev–Trinajstić information content (AvgIpc) is 3.18. The lowest BCUT2D eigenvalue weighted by Gasteiger charge is -2.12. The summed E-state index contributed by atoms with van der Waals surface area (Å²) in [6, 6.07) is 17.6. The van der Waals surface area contributed by atoms with Gasteiger partial charge in [0.1, 0.15) is 23.7 Å². The van der Waals surface area contributed by atoms with Crippen molar-refractivity contribution in [3.8, 4) is 28.3 Å². The van der Waals surface area contributed by atoms with Crippen LogP contribution in [0.4, 0.5) is 0 Å². The van der Waals surface area contributed by atoms with Crippen LogP contribution in [0, 0.1) is 0 Å². The van der Waals surface area contributed by atoms with E-state index in [1.54, 1.807) is 18.4 Å². The lowest BCUT2D eigenvalue weighted by Crippen LogP contribution is -2.05. The molecule has 2 aromatic carbocycles. The van der Waals surface area contributed by atoms with Gasteiger partial charge in [-0.15, -0.1) is 21.5 Å². The first-order chi connectivity index (χ1) is 13.3. The van der Waals surface area contributed by atoms with Gasteiger partial charge in [-0.3, -0.25) is 0 Å². The highest BCUT2D eigenvalue weighted by Gasteiger charge is 2.16. The van der Waals surface area contributed by atoms with Gasteiger partial charge in [0, 0.05) is 28.6 Å². The summed E-state index contributed by atoms with van der Waals surface area (Å²) in [5, 5.41) is 12.9. The van der Waals surface area contributed by atoms with E-state index in [1.807, 2.05) is 48.5 Å². The zero-order valence-electron chi connectivity index (χ0n) is 14.7. The van der Waals surface area contributed by atoms with Crippen LogP contribution < -0.4 is 4.74 Å². The third-order valence-electron chi connectivity index (χ3n) is 4.17. The zero-order chi connectivity index (χ0) is 18.6. The number of halogens is 1. The van der Waals surface area contributed by atoms with Crippen molar-refractivity contribution in [2.24, 2.45) is 0 Å². The van der Waals surface area contributed by atoms with E-state index in [1.165, 1.54) is 0 Å². The number of hydrogen-bond acceptors (Lipinski definition) is 5. The van der Waals surface area contributed by atoms with Crippen molar-refractivity contribution >= 4 is 33.0 Å². The standard InChI is InChI=1S/C21H17ClN2O2S/c1-25-10-11-26-18-8-3-2-7-16(18)20-21-17(9-12-27-21)19(23-24-20)14-5-4-6-15(22)13-14/h2-9,12-13H,10-11H2,1H3. The van der Waals surface area contributed by atoms with Gasteiger partial charge < -0.3 is 9.47 Å². The predicted molar refractivity (Wildman–Crippen MR) is 111 cm³/mol. The molecule has 0 saturated carbocycles. The molecule has 4 aromatic rings. The van der Waals surface area contributed by atoms with Crippen molar-refractivity contribution in [3.63, 3.8) is 0 Å². The minimum atomic E-state index is 0.481. The number of benzene rings is 2. The van der Waals surface area contributed by atoms with Crippen LogP contribution in [-0.4, -0.2) is 30.5 Å². The van der Waals surface area contributed by atoms with Crippen molar-refractivity contribution < 1.29 is 9.47 Å². The SMILES string of the molecule is COCCOc1ccccc1-c1nnc(-c2cccc(Cl)c2)c2ccsc12. The van der Waals surface area contributed by atoms with Crippen molar-refractivity contribution in [3.05, 3.63) is 65.0 Å². The molecule has 0 amide bonds. The van der Waals surface area contributed by atoms with Gasteiger partial charge >= 0.3 is 0 Å². The molecule has 2 heterocycles. The largest absolute Gasteiger partial charge is 0.490 e. The highest BCUT2D eigenvalue weighted by atomic mass is 35.5. The van der Waals surface area contributed by atoms with Gasteiger partial charge in [-0.2, -0.15) is 0 Å². The molecule has 2 aromatic heterocycles. The molecule has 4 rings (SSSR count). The van der Waals surface area contributed by atoms with Crippen LogP contribution in [0.15, 0.2) is 60.0 Å². The summed E-state index contributed by atoms with van der Waals surface area (Å²) in [6.45, 7) is 1.01. The number of aromatic nitrogens is 2. The summed E-state index contributed by atoms with van der Waals surface area (Å²) in [7, 11) is 1.66. The predicted octanol–water partition coefficient (Wildman–Crippen LogP) is 5.70. The molecule has 0 atom stereocenters. The lowest BCUT2D eigenvalue weighted by molar-refractivity contribution is 0.146. The number of para-hydroxylation sites is 1. The van der Waals surface area contributed by atoms with Crippen LogP contribution in [0.1, 0.15) is 0 Å². The monoisotopic (exact) mass is 396 g/mol. The van der Waals surface area contributed by atoms with Crippen LogP contribution in [0.25, 0.3) is 32.6 Å². The Balaban J connectivity index is 1.82. The first-order valence-electron chi connectivity index (χ1n) is 8.49. The van der Waals surface area contributed by atoms with Gasteiger partial charge in [0.2, 0.25) is 0 Å². The molecule has 0 fully saturated rings. The molecule has 0 unspecified atom stereocenters. The quantitative estimate of drug-likeness (QED) is 0.392. The minimum absolute atomic E-state index is 0.481. The molecule has 0 radical (unpaired) electrons. The summed E-state index contributed by atoms with van der Waals surface area (Å²) < 4.78 is 12.0. The van der Waals surface area contributed by atoms with E-state index >= 15 is 0 Å². The summed E-state index contributed by atoms with van der Waals surface area (Å²) in [4.78, 5) is 0. The van der Waals surface area contributed by atoms with E-state index in [4.69, 9.17) is 21.1 Å². The molecule has 4 nitrogen and oxygen atoms in total. The van der Waals surface area contributed by atoms with Gasteiger partial charge in [-0.05, 0) is 35.7 Å². The van der Waals surface area contributed by atoms with Crippen molar-refractivity contribution in [2.45, 2.75) is 0 Å². The molecule has 0 saturated heterocycles. The molecule has 0 N–H and O–H groups in total. The number of thiophene rings is 1. The Labute approximate surface area is 166 Å². The summed E-state index contributed by atoms with van der Waals surface area (Å²) in [6.07, 6.45) is 0. The number of methoxy groups -OCH3 is 1. The van der Waals surface area contributed by atoms with Gasteiger partial charge in [-0.1, -0.05) is 35.9 Å². The fourth-order valence-corrected chi connectivity index (χ4v) is 4.01. The van der Waals surface area contributed by atoms with E-state index in [9.17, 15) is 0 Å². The minimum Gasteiger partial charge on any atom is -0.490 e. The molecule has 0 spiro atoms. The Morgan fingerprint density at radius 2 is 1.81 bits per heavy atom. The Bertz CT molecular complexity index is 1080. The van der Waals surface area contributed by atoms with Crippen LogP contribution in [0.2, 0.25) is 5.02 Å². The first kappa shape index (κ1) is 17.9. The van der Waals surface area contributed by atoms with Crippen LogP contribution in [0.3, 0.4) is 0 Å². The van der Waals surface area contributed by atoms with E-state index < -0.39 is 0 Å². The normalized spacial score (nSPS) is 11.0. The second-order valence-electron chi connectivity index (χ2n) is 5.91. The zero-order valence-corrected chi connectivity index (χ0v) is 16.3. The second kappa shape index (κ2) is 8.05. The Hall–Kier alpha value is -2.47. The summed E-state index contributed by atoms with van der Waals surface area (Å²) in [5.74, 6) is 0.772. The molecular weight excluding hydrogens is 380 g/mol. The van der Waals surface area contributed by atoms with Gasteiger partial charge in [-0.25, -0.2) is 0 Å². The summed E-state index contributed by atoms with van der Waals surface area (Å²) >= 11 is 7.80. The topological polar surface area (TPSA) is 44.2 Å². The number of rotatable bonds is 6. The van der Waals surface area contributed by atoms with Crippen molar-refractivity contribution in [1.29, 1.82) is 0 Å². The maximum absolute atomic E-state index is 6.16. The Morgan fingerprint density at radius 1 is 0.963 bits per heavy atom. The van der Waals surface area contributed by atoms with E-state index in [0.717, 1.165) is 38.4 Å². The fraction of sp³-hybridized carbons (Fsp3) is 0.143. The number of fused-ring (bicyclic) bond motifs is 1. The third-order valence-corrected chi connectivity index (χ3v) is 5.33. The highest BCUT2D eigenvalue weighted by molar-refractivity contribution is 7.17. The van der Waals surface area contributed by atoms with E-state index in [-0.39, 0.29) is 0 Å². The molecule has 27 heavy (non-hydrogen) atoms. The maximum atomic E-state index is 6.16. The number of ether oxygens (including phenoxy) is 2. The first-order valence-corrected chi connectivity index (χ1v) is 9.74. The summed E-state index contributed by atoms with van der Waals surface area (Å²) in [5.41, 5.74) is 3.52. The van der Waals surface area contributed by atoms with Gasteiger partial charge in [0.25, 0.3) is 0 Å². The van der Waals surface area contributed by atoms with Crippen molar-refractivity contribution in [1.82, 2.24) is 10.2 Å². The van der Waals surface area contributed by atoms with E-state index in [0.29, 0.717) is 18.2 Å². The third kappa shape index (κ3) is 3.67. The van der Waals surface area contributed by atoms with Gasteiger partial charge in [0.15, 0.2) is 0 Å². The highest BCUT2D eigenvalue weighted by Crippen LogP contribution is 2.39. The number of nitrogens with zero attached hydrogens (tertiary/aromatic N) is 2. The second-order valence-corrected chi connectivity index (χ2v) is 7.26. The molecule has 6 heteroatoms. The molecule has 0 bridgehead atoms. The Kier molecular flexibility index (Phi) is 5.34. The maximum Gasteiger partial charge on any atom is 0.128 e. The van der Waals surface area contributed by atoms with Crippen molar-refractivity contribution in [2.75, 3.05) is 20.3 Å². The molecule has 0 aliphatic carbocycles. The average molecular weight is 397 g/mol. The van der Waals surface area contributed by atoms with Crippen LogP contribution >= 0.6 is 22.9 Å². The molecule has 0 aliphatic heterocycles. The molecule has 136 valence electrons. The molecule has 0 aliphatic rings. The van der Waals surface area contributed by atoms with Crippen LogP contribution in [-0.2, 0) is 4.74 Å². The lowest BCUT2D eigenvalue weighted by atomic mass is 10.1. The number of hydrogen-bond donors (Lipinski definition) is 0. The molecular formula is C21H17ClN2O2S. The Morgan fingerprint density at radius 3 is 2.67 bits per heavy atom.